The number of methoxy groups -OCH3 is 1. The van der Waals surface area contributed by atoms with E-state index in [0.29, 0.717) is 11.8 Å². The van der Waals surface area contributed by atoms with Gasteiger partial charge in [-0.1, -0.05) is 20.8 Å². The molecule has 0 bridgehead atoms. The molecule has 0 amide bonds. The Balaban J connectivity index is 2.63. The molecule has 1 aliphatic carbocycles. The molecule has 0 saturated heterocycles. The van der Waals surface area contributed by atoms with Crippen LogP contribution >= 0.6 is 0 Å². The first-order valence-corrected chi connectivity index (χ1v) is 4.74. The fourth-order valence-electron chi connectivity index (χ4n) is 2.02. The van der Waals surface area contributed by atoms with Crippen molar-refractivity contribution in [1.82, 2.24) is 0 Å². The van der Waals surface area contributed by atoms with E-state index in [9.17, 15) is 4.79 Å². The lowest BCUT2D eigenvalue weighted by atomic mass is 9.79. The Morgan fingerprint density at radius 3 is 2.38 bits per heavy atom. The predicted octanol–water partition coefficient (Wildman–Crippen LogP) is 1.17. The molecule has 1 fully saturated rings. The highest BCUT2D eigenvalue weighted by molar-refractivity contribution is 5.76. The van der Waals surface area contributed by atoms with Gasteiger partial charge in [0.25, 0.3) is 0 Å². The summed E-state index contributed by atoms with van der Waals surface area (Å²) in [5, 5.41) is 0. The Kier molecular flexibility index (Phi) is 2.66. The maximum atomic E-state index is 11.3. The number of esters is 1. The standard InChI is InChI=1S/C10H19NO2/c1-6-5-7(6)10(2,3)8(11)9(12)13-4/h6-8H,5,11H2,1-4H3. The third-order valence-electron chi connectivity index (χ3n) is 3.32. The Morgan fingerprint density at radius 2 is 2.08 bits per heavy atom. The van der Waals surface area contributed by atoms with E-state index in [4.69, 9.17) is 5.73 Å². The van der Waals surface area contributed by atoms with Crippen molar-refractivity contribution < 1.29 is 9.53 Å². The van der Waals surface area contributed by atoms with E-state index in [1.54, 1.807) is 0 Å². The molecule has 2 N–H and O–H groups in total. The molecule has 3 unspecified atom stereocenters. The van der Waals surface area contributed by atoms with Crippen molar-refractivity contribution in [2.45, 2.75) is 33.2 Å². The summed E-state index contributed by atoms with van der Waals surface area (Å²) in [5.74, 6) is 0.969. The van der Waals surface area contributed by atoms with Gasteiger partial charge in [0.1, 0.15) is 6.04 Å². The summed E-state index contributed by atoms with van der Waals surface area (Å²) in [6.45, 7) is 6.28. The zero-order valence-corrected chi connectivity index (χ0v) is 8.83. The number of carbonyl (C=O) groups is 1. The van der Waals surface area contributed by atoms with Crippen LogP contribution in [0.15, 0.2) is 0 Å². The molecule has 13 heavy (non-hydrogen) atoms. The molecular formula is C10H19NO2. The van der Waals surface area contributed by atoms with Crippen LogP contribution in [0.3, 0.4) is 0 Å². The highest BCUT2D eigenvalue weighted by Crippen LogP contribution is 2.51. The van der Waals surface area contributed by atoms with Crippen LogP contribution in [0, 0.1) is 17.3 Å². The molecule has 0 spiro atoms. The van der Waals surface area contributed by atoms with Gasteiger partial charge in [-0.3, -0.25) is 4.79 Å². The van der Waals surface area contributed by atoms with Gasteiger partial charge in [-0.25, -0.2) is 0 Å². The highest BCUT2D eigenvalue weighted by Gasteiger charge is 2.49. The molecule has 0 aliphatic heterocycles. The SMILES string of the molecule is COC(=O)C(N)C(C)(C)C1CC1C. The molecule has 76 valence electrons. The normalized spacial score (nSPS) is 29.6. The summed E-state index contributed by atoms with van der Waals surface area (Å²) in [6, 6.07) is -0.493. The summed E-state index contributed by atoms with van der Waals surface area (Å²) < 4.78 is 4.65. The van der Waals surface area contributed by atoms with Crippen molar-refractivity contribution in [2.75, 3.05) is 7.11 Å². The number of nitrogens with two attached hydrogens (primary N) is 1. The third-order valence-corrected chi connectivity index (χ3v) is 3.32. The van der Waals surface area contributed by atoms with Crippen LogP contribution in [0.1, 0.15) is 27.2 Å². The minimum absolute atomic E-state index is 0.132. The first-order chi connectivity index (χ1) is 5.91. The molecule has 3 nitrogen and oxygen atoms in total. The van der Waals surface area contributed by atoms with E-state index < -0.39 is 6.04 Å². The van der Waals surface area contributed by atoms with E-state index in [1.807, 2.05) is 13.8 Å². The minimum atomic E-state index is -0.493. The van der Waals surface area contributed by atoms with E-state index in [-0.39, 0.29) is 11.4 Å². The van der Waals surface area contributed by atoms with Crippen molar-refractivity contribution >= 4 is 5.97 Å². The zero-order valence-electron chi connectivity index (χ0n) is 8.83. The van der Waals surface area contributed by atoms with Gasteiger partial charge in [0.05, 0.1) is 7.11 Å². The summed E-state index contributed by atoms with van der Waals surface area (Å²) in [7, 11) is 1.38. The zero-order chi connectivity index (χ0) is 10.2. The van der Waals surface area contributed by atoms with Crippen molar-refractivity contribution in [3.8, 4) is 0 Å². The van der Waals surface area contributed by atoms with Crippen molar-refractivity contribution in [1.29, 1.82) is 0 Å². The highest BCUT2D eigenvalue weighted by atomic mass is 16.5. The van der Waals surface area contributed by atoms with Crippen LogP contribution in [0.4, 0.5) is 0 Å². The quantitative estimate of drug-likeness (QED) is 0.671. The van der Waals surface area contributed by atoms with Crippen molar-refractivity contribution in [3.63, 3.8) is 0 Å². The lowest BCUT2D eigenvalue weighted by molar-refractivity contribution is -0.145. The lowest BCUT2D eigenvalue weighted by Gasteiger charge is -2.30. The molecule has 0 aromatic rings. The number of hydrogen-bond acceptors (Lipinski definition) is 3. The topological polar surface area (TPSA) is 52.3 Å². The van der Waals surface area contributed by atoms with Gasteiger partial charge >= 0.3 is 5.97 Å². The third kappa shape index (κ3) is 1.85. The molecule has 1 saturated carbocycles. The average molecular weight is 185 g/mol. The molecule has 0 aromatic heterocycles. The van der Waals surface area contributed by atoms with Gasteiger partial charge in [0, 0.05) is 0 Å². The van der Waals surface area contributed by atoms with Gasteiger partial charge < -0.3 is 10.5 Å². The fraction of sp³-hybridized carbons (Fsp3) is 0.900. The summed E-state index contributed by atoms with van der Waals surface area (Å²) in [4.78, 5) is 11.3. The largest absolute Gasteiger partial charge is 0.468 e. The molecule has 0 aromatic carbocycles. The first kappa shape index (κ1) is 10.5. The van der Waals surface area contributed by atoms with E-state index in [2.05, 4.69) is 11.7 Å². The second-order valence-corrected chi connectivity index (χ2v) is 4.64. The van der Waals surface area contributed by atoms with Gasteiger partial charge in [-0.15, -0.1) is 0 Å². The smallest absolute Gasteiger partial charge is 0.323 e. The molecule has 1 aliphatic rings. The second kappa shape index (κ2) is 3.29. The summed E-state index contributed by atoms with van der Waals surface area (Å²) >= 11 is 0. The van der Waals surface area contributed by atoms with E-state index >= 15 is 0 Å². The first-order valence-electron chi connectivity index (χ1n) is 4.74. The van der Waals surface area contributed by atoms with Gasteiger partial charge in [-0.2, -0.15) is 0 Å². The number of hydrogen-bond donors (Lipinski definition) is 1. The maximum absolute atomic E-state index is 11.3. The van der Waals surface area contributed by atoms with Crippen LogP contribution in [0.5, 0.6) is 0 Å². The Hall–Kier alpha value is -0.570. The maximum Gasteiger partial charge on any atom is 0.323 e. The molecule has 0 radical (unpaired) electrons. The van der Waals surface area contributed by atoms with Crippen molar-refractivity contribution in [3.05, 3.63) is 0 Å². The van der Waals surface area contributed by atoms with Gasteiger partial charge in [0.2, 0.25) is 0 Å². The molecule has 0 heterocycles. The Bertz CT molecular complexity index is 213. The van der Waals surface area contributed by atoms with Crippen molar-refractivity contribution in [2.24, 2.45) is 23.0 Å². The lowest BCUT2D eigenvalue weighted by Crippen LogP contribution is -2.46. The molecule has 3 atom stereocenters. The average Bonchev–Trinajstić information content (AvgIpc) is 2.80. The van der Waals surface area contributed by atoms with E-state index in [0.717, 1.165) is 0 Å². The Morgan fingerprint density at radius 1 is 1.62 bits per heavy atom. The molecular weight excluding hydrogens is 166 g/mol. The second-order valence-electron chi connectivity index (χ2n) is 4.64. The van der Waals surface area contributed by atoms with Gasteiger partial charge in [0.15, 0.2) is 0 Å². The van der Waals surface area contributed by atoms with Gasteiger partial charge in [-0.05, 0) is 23.7 Å². The van der Waals surface area contributed by atoms with Crippen LogP contribution in [0.25, 0.3) is 0 Å². The monoisotopic (exact) mass is 185 g/mol. The number of rotatable bonds is 3. The van der Waals surface area contributed by atoms with E-state index in [1.165, 1.54) is 13.5 Å². The number of carbonyl (C=O) groups excluding carboxylic acids is 1. The number of ether oxygens (including phenoxy) is 1. The minimum Gasteiger partial charge on any atom is -0.468 e. The summed E-state index contributed by atoms with van der Waals surface area (Å²) in [5.41, 5.74) is 5.70. The predicted molar refractivity (Wildman–Crippen MR) is 51.0 cm³/mol. The fourth-order valence-corrected chi connectivity index (χ4v) is 2.02. The van der Waals surface area contributed by atoms with Crippen LogP contribution in [0.2, 0.25) is 0 Å². The summed E-state index contributed by atoms with van der Waals surface area (Å²) in [6.07, 6.45) is 1.18. The molecule has 1 rings (SSSR count). The van der Waals surface area contributed by atoms with Crippen LogP contribution in [-0.2, 0) is 9.53 Å². The molecule has 3 heteroatoms. The van der Waals surface area contributed by atoms with Crippen LogP contribution < -0.4 is 5.73 Å². The Labute approximate surface area is 79.6 Å². The van der Waals surface area contributed by atoms with Crippen LogP contribution in [-0.4, -0.2) is 19.1 Å².